The Labute approximate surface area is 475 Å². The van der Waals surface area contributed by atoms with Crippen LogP contribution in [0.15, 0.2) is 4.99 Å². The molecule has 0 spiro atoms. The van der Waals surface area contributed by atoms with Gasteiger partial charge < -0.3 is 74.4 Å². The standard InChI is InChI=1S/C54H93N15O10S/c1-5-80-53(79)38(19-11-27-60-54(57)58)64-46(72)35(16-6-8-24-55)62-45(71)36(17-7-9-25-56)63-48(74)41-21-13-29-67(41)52(78)43-23-15-31-69(43)50(76)39(32-33(2)3)65-44(70)34(4)61-47(73)40-20-12-28-66(40)51(77)42-22-14-30-68(42)49(75)37-18-10-26-59-37/h33-43,59H,5-32,55-56H2,1-4H3,(H,61,73)(H,62,71)(H,63,74)(H,64,72)(H,65,70)(H4,57,58,60)/t34-,35-,36-,37-,38-,39-,40-,41-,42-,43-/m0/s1. The number of guanidine groups is 1. The van der Waals surface area contributed by atoms with E-state index in [1.54, 1.807) is 4.90 Å². The van der Waals surface area contributed by atoms with Crippen LogP contribution in [0.2, 0.25) is 0 Å². The number of unbranched alkanes of at least 4 members (excludes halogenated alkanes) is 2. The molecule has 5 fully saturated rings. The van der Waals surface area contributed by atoms with Gasteiger partial charge in [0.2, 0.25) is 58.3 Å². The third-order valence-electron chi connectivity index (χ3n) is 15.7. The van der Waals surface area contributed by atoms with Crippen molar-refractivity contribution >= 4 is 76.0 Å². The fourth-order valence-electron chi connectivity index (χ4n) is 11.6. The third kappa shape index (κ3) is 18.5. The van der Waals surface area contributed by atoms with E-state index in [-0.39, 0.29) is 80.2 Å². The fraction of sp³-hybridized carbons (Fsp3) is 0.796. The van der Waals surface area contributed by atoms with E-state index in [0.717, 1.165) is 31.1 Å². The van der Waals surface area contributed by atoms with E-state index in [2.05, 4.69) is 36.9 Å². The summed E-state index contributed by atoms with van der Waals surface area (Å²) in [5.41, 5.74) is 22.5. The molecule has 5 heterocycles. The number of nitrogens with zero attached hydrogens (tertiary/aromatic N) is 5. The summed E-state index contributed by atoms with van der Waals surface area (Å²) in [7, 11) is 0. The lowest BCUT2D eigenvalue weighted by molar-refractivity contribution is -0.148. The molecular formula is C54H93N15O10S. The third-order valence-corrected chi connectivity index (χ3v) is 16.6. The van der Waals surface area contributed by atoms with Crippen molar-refractivity contribution in [3.8, 4) is 0 Å². The van der Waals surface area contributed by atoms with Crippen molar-refractivity contribution in [2.75, 3.05) is 58.1 Å². The Morgan fingerprint density at radius 3 is 1.54 bits per heavy atom. The summed E-state index contributed by atoms with van der Waals surface area (Å²) in [6.45, 7) is 10.1. The fourth-order valence-corrected chi connectivity index (χ4v) is 12.2. The number of aliphatic imine (C=N–C) groups is 1. The van der Waals surface area contributed by atoms with Gasteiger partial charge in [-0.25, -0.2) is 0 Å². The summed E-state index contributed by atoms with van der Waals surface area (Å²) < 4.78 is 0. The molecule has 26 heteroatoms. The number of thioether (sulfide) groups is 1. The Hall–Kier alpha value is -5.60. The first-order valence-electron chi connectivity index (χ1n) is 29.4. The SMILES string of the molecule is CCSC(=O)[C@H](CCCN=C(N)N)NC(=O)[C@H](CCCCN)NC(=O)[C@H](CCCCN)NC(=O)[C@@H]1CCCN1C(=O)[C@@H]1CCCN1C(=O)[C@H](CC(C)C)NC(=O)[C@H](C)NC(=O)[C@@H]1CCCN1C(=O)[C@@H]1CCCN1C(=O)[C@@H]1CCCN1. The van der Waals surface area contributed by atoms with Crippen molar-refractivity contribution in [1.29, 1.82) is 0 Å². The zero-order chi connectivity index (χ0) is 58.5. The molecule has 0 aromatic heterocycles. The summed E-state index contributed by atoms with van der Waals surface area (Å²) in [6.07, 6.45) is 8.75. The van der Waals surface area contributed by atoms with Crippen LogP contribution in [-0.2, 0) is 47.9 Å². The Balaban J connectivity index is 1.22. The van der Waals surface area contributed by atoms with E-state index in [9.17, 15) is 47.9 Å². The van der Waals surface area contributed by atoms with E-state index in [1.807, 2.05) is 20.8 Å². The second-order valence-corrected chi connectivity index (χ2v) is 23.6. The molecule has 5 aliphatic rings. The molecule has 80 heavy (non-hydrogen) atoms. The average molecular weight is 1140 g/mol. The van der Waals surface area contributed by atoms with Gasteiger partial charge in [0.1, 0.15) is 48.3 Å². The van der Waals surface area contributed by atoms with Gasteiger partial charge in [-0.3, -0.25) is 52.9 Å². The van der Waals surface area contributed by atoms with Crippen molar-refractivity contribution in [1.82, 2.24) is 51.5 Å². The quantitative estimate of drug-likeness (QED) is 0.0229. The molecule has 10 atom stereocenters. The summed E-state index contributed by atoms with van der Waals surface area (Å²) in [4.78, 5) is 150. The van der Waals surface area contributed by atoms with Gasteiger partial charge in [0, 0.05) is 32.7 Å². The van der Waals surface area contributed by atoms with Crippen molar-refractivity contribution in [3.05, 3.63) is 0 Å². The Bertz CT molecular complexity index is 2180. The zero-order valence-corrected chi connectivity index (χ0v) is 48.5. The molecule has 5 aliphatic heterocycles. The molecule has 0 bridgehead atoms. The second-order valence-electron chi connectivity index (χ2n) is 22.3. The van der Waals surface area contributed by atoms with Crippen LogP contribution in [0.25, 0.3) is 0 Å². The molecule has 0 unspecified atom stereocenters. The first kappa shape index (κ1) is 65.2. The largest absolute Gasteiger partial charge is 0.370 e. The Morgan fingerprint density at radius 2 is 1.02 bits per heavy atom. The minimum atomic E-state index is -1.11. The zero-order valence-electron chi connectivity index (χ0n) is 47.7. The van der Waals surface area contributed by atoms with Crippen LogP contribution in [0.1, 0.15) is 150 Å². The van der Waals surface area contributed by atoms with E-state index in [0.29, 0.717) is 115 Å². The number of carbonyl (C=O) groups is 10. The van der Waals surface area contributed by atoms with Gasteiger partial charge in [-0.2, -0.15) is 0 Å². The van der Waals surface area contributed by atoms with E-state index < -0.39 is 95.7 Å². The van der Waals surface area contributed by atoms with Crippen LogP contribution in [-0.4, -0.2) is 202 Å². The Morgan fingerprint density at radius 1 is 0.550 bits per heavy atom. The summed E-state index contributed by atoms with van der Waals surface area (Å²) in [5.74, 6) is -3.79. The molecule has 25 nitrogen and oxygen atoms in total. The van der Waals surface area contributed by atoms with Crippen LogP contribution < -0.4 is 54.8 Å². The number of nitrogens with two attached hydrogens (primary N) is 4. The molecule has 0 aromatic rings. The predicted octanol–water partition coefficient (Wildman–Crippen LogP) is -1.22. The van der Waals surface area contributed by atoms with Crippen molar-refractivity contribution in [3.63, 3.8) is 0 Å². The number of rotatable bonds is 30. The van der Waals surface area contributed by atoms with Gasteiger partial charge in [0.05, 0.1) is 12.1 Å². The molecule has 0 radical (unpaired) electrons. The van der Waals surface area contributed by atoms with E-state index in [4.69, 9.17) is 22.9 Å². The van der Waals surface area contributed by atoms with Gasteiger partial charge in [-0.1, -0.05) is 32.5 Å². The van der Waals surface area contributed by atoms with E-state index in [1.165, 1.54) is 21.6 Å². The van der Waals surface area contributed by atoms with Gasteiger partial charge in [-0.15, -0.1) is 0 Å². The van der Waals surface area contributed by atoms with Gasteiger partial charge >= 0.3 is 0 Å². The highest BCUT2D eigenvalue weighted by Gasteiger charge is 2.46. The van der Waals surface area contributed by atoms with Crippen LogP contribution in [0, 0.1) is 5.92 Å². The van der Waals surface area contributed by atoms with Gasteiger partial charge in [0.25, 0.3) is 0 Å². The van der Waals surface area contributed by atoms with Crippen molar-refractivity contribution in [2.45, 2.75) is 210 Å². The number of amides is 9. The molecule has 9 amide bonds. The van der Waals surface area contributed by atoms with Crippen LogP contribution in [0.5, 0.6) is 0 Å². The highest BCUT2D eigenvalue weighted by Crippen LogP contribution is 2.29. The van der Waals surface area contributed by atoms with E-state index >= 15 is 0 Å². The normalized spacial score (nSPS) is 22.8. The summed E-state index contributed by atoms with van der Waals surface area (Å²) in [5, 5.41) is 17.1. The van der Waals surface area contributed by atoms with Gasteiger partial charge in [0.15, 0.2) is 5.96 Å². The molecule has 0 aliphatic carbocycles. The minimum Gasteiger partial charge on any atom is -0.370 e. The smallest absolute Gasteiger partial charge is 0.246 e. The maximum atomic E-state index is 14.6. The lowest BCUT2D eigenvalue weighted by Crippen LogP contribution is -2.59. The molecule has 5 saturated heterocycles. The topological polar surface area (TPSA) is 372 Å². The maximum Gasteiger partial charge on any atom is 0.246 e. The predicted molar refractivity (Wildman–Crippen MR) is 304 cm³/mol. The molecule has 5 rings (SSSR count). The number of nitrogens with one attached hydrogen (secondary N) is 6. The van der Waals surface area contributed by atoms with Crippen molar-refractivity contribution in [2.24, 2.45) is 33.8 Å². The van der Waals surface area contributed by atoms with Gasteiger partial charge in [-0.05, 0) is 160 Å². The van der Waals surface area contributed by atoms with Crippen LogP contribution in [0.4, 0.5) is 0 Å². The summed E-state index contributed by atoms with van der Waals surface area (Å²) in [6, 6.07) is -8.89. The van der Waals surface area contributed by atoms with Crippen LogP contribution >= 0.6 is 11.8 Å². The number of hydrogen-bond acceptors (Lipinski definition) is 15. The first-order valence-corrected chi connectivity index (χ1v) is 30.4. The Kier molecular flexibility index (Phi) is 26.7. The molecular weight excluding hydrogens is 1050 g/mol. The highest BCUT2D eigenvalue weighted by atomic mass is 32.2. The first-order chi connectivity index (χ1) is 38.3. The average Bonchev–Trinajstić information content (AvgIpc) is 4.38. The lowest BCUT2D eigenvalue weighted by atomic mass is 10.0. The molecule has 0 saturated carbocycles. The molecule has 450 valence electrons. The maximum absolute atomic E-state index is 14.6. The number of carbonyl (C=O) groups excluding carboxylic acids is 10. The molecule has 0 aromatic carbocycles. The monoisotopic (exact) mass is 1140 g/mol. The second kappa shape index (κ2) is 32.7. The highest BCUT2D eigenvalue weighted by molar-refractivity contribution is 8.13. The van der Waals surface area contributed by atoms with Crippen molar-refractivity contribution < 1.29 is 47.9 Å². The number of likely N-dealkylation sites (tertiary alicyclic amines) is 4. The van der Waals surface area contributed by atoms with Crippen LogP contribution in [0.3, 0.4) is 0 Å². The molecule has 14 N–H and O–H groups in total. The number of hydrogen-bond donors (Lipinski definition) is 10. The lowest BCUT2D eigenvalue weighted by Gasteiger charge is -2.34. The minimum absolute atomic E-state index is 0.0633. The summed E-state index contributed by atoms with van der Waals surface area (Å²) >= 11 is 1.06.